The van der Waals surface area contributed by atoms with Gasteiger partial charge in [-0.2, -0.15) is 0 Å². The zero-order valence-electron chi connectivity index (χ0n) is 9.58. The van der Waals surface area contributed by atoms with Gasteiger partial charge in [-0.1, -0.05) is 0 Å². The maximum atomic E-state index is 10.6. The van der Waals surface area contributed by atoms with E-state index >= 15 is 0 Å². The van der Waals surface area contributed by atoms with Crippen LogP contribution in [-0.4, -0.2) is 20.5 Å². The van der Waals surface area contributed by atoms with Crippen LogP contribution < -0.4 is 0 Å². The molecule has 0 atom stereocenters. The summed E-state index contributed by atoms with van der Waals surface area (Å²) in [5, 5.41) is 8.73. The summed E-state index contributed by atoms with van der Waals surface area (Å²) in [5.74, 6) is 0.734. The van der Waals surface area contributed by atoms with Crippen molar-refractivity contribution in [1.82, 2.24) is 9.38 Å². The normalized spacial score (nSPS) is 11.2. The van der Waals surface area contributed by atoms with E-state index in [0.29, 0.717) is 0 Å². The van der Waals surface area contributed by atoms with E-state index < -0.39 is 5.97 Å². The summed E-state index contributed by atoms with van der Waals surface area (Å²) < 4.78 is 7.33. The number of nitrogens with zero attached hydrogens (tertiary/aromatic N) is 2. The molecule has 0 aromatic carbocycles. The van der Waals surface area contributed by atoms with Gasteiger partial charge in [0.15, 0.2) is 10.7 Å². The molecule has 0 saturated heterocycles. The first kappa shape index (κ1) is 11.0. The Morgan fingerprint density at radius 1 is 1.50 bits per heavy atom. The van der Waals surface area contributed by atoms with E-state index in [2.05, 4.69) is 4.98 Å². The summed E-state index contributed by atoms with van der Waals surface area (Å²) in [6.45, 7) is 1.88. The number of carboxylic acids is 1. The van der Waals surface area contributed by atoms with Crippen molar-refractivity contribution in [1.29, 1.82) is 0 Å². The molecule has 0 spiro atoms. The van der Waals surface area contributed by atoms with Crippen LogP contribution in [0.5, 0.6) is 0 Å². The van der Waals surface area contributed by atoms with Crippen LogP contribution in [0.3, 0.4) is 0 Å². The van der Waals surface area contributed by atoms with Crippen LogP contribution in [0.2, 0.25) is 0 Å². The number of carbonyl (C=O) groups is 1. The number of hydrogen-bond acceptors (Lipinski definition) is 4. The maximum absolute atomic E-state index is 10.6. The van der Waals surface area contributed by atoms with E-state index in [1.54, 1.807) is 6.20 Å². The van der Waals surface area contributed by atoms with E-state index in [0.717, 1.165) is 27.1 Å². The Labute approximate surface area is 106 Å². The Bertz CT molecular complexity index is 691. The van der Waals surface area contributed by atoms with Gasteiger partial charge >= 0.3 is 5.97 Å². The predicted octanol–water partition coefficient (Wildman–Crippen LogP) is 2.59. The molecule has 3 aromatic rings. The van der Waals surface area contributed by atoms with Crippen LogP contribution in [0.1, 0.15) is 10.6 Å². The zero-order chi connectivity index (χ0) is 12.7. The third-order valence-electron chi connectivity index (χ3n) is 2.52. The summed E-state index contributed by atoms with van der Waals surface area (Å²) in [4.78, 5) is 16.6. The molecule has 0 amide bonds. The molecule has 0 bridgehead atoms. The monoisotopic (exact) mass is 262 g/mol. The van der Waals surface area contributed by atoms with Crippen LogP contribution in [0, 0.1) is 6.92 Å². The topological polar surface area (TPSA) is 67.7 Å². The lowest BCUT2D eigenvalue weighted by molar-refractivity contribution is -0.136. The number of thiazole rings is 1. The highest BCUT2D eigenvalue weighted by molar-refractivity contribution is 7.17. The molecule has 0 fully saturated rings. The lowest BCUT2D eigenvalue weighted by Gasteiger charge is -1.89. The van der Waals surface area contributed by atoms with Gasteiger partial charge in [0.2, 0.25) is 0 Å². The number of fused-ring (bicyclic) bond motifs is 1. The molecule has 3 heterocycles. The predicted molar refractivity (Wildman–Crippen MR) is 66.8 cm³/mol. The summed E-state index contributed by atoms with van der Waals surface area (Å²) >= 11 is 1.38. The average Bonchev–Trinajstić information content (AvgIpc) is 2.90. The van der Waals surface area contributed by atoms with Crippen molar-refractivity contribution >= 4 is 22.3 Å². The highest BCUT2D eigenvalue weighted by Crippen LogP contribution is 2.25. The summed E-state index contributed by atoms with van der Waals surface area (Å²) in [6.07, 6.45) is 3.67. The van der Waals surface area contributed by atoms with Crippen molar-refractivity contribution in [3.63, 3.8) is 0 Å². The van der Waals surface area contributed by atoms with Gasteiger partial charge in [-0.15, -0.1) is 11.3 Å². The molecule has 92 valence electrons. The fourth-order valence-corrected chi connectivity index (χ4v) is 2.72. The molecule has 0 aliphatic heterocycles. The third-order valence-corrected chi connectivity index (χ3v) is 3.52. The van der Waals surface area contributed by atoms with Crippen molar-refractivity contribution in [2.75, 3.05) is 0 Å². The van der Waals surface area contributed by atoms with Gasteiger partial charge in [-0.05, 0) is 19.1 Å². The molecule has 0 aliphatic carbocycles. The molecule has 3 rings (SSSR count). The minimum absolute atomic E-state index is 0.0310. The minimum Gasteiger partial charge on any atom is -0.481 e. The van der Waals surface area contributed by atoms with Gasteiger partial charge in [-0.25, -0.2) is 4.98 Å². The molecule has 0 aliphatic rings. The fourth-order valence-electron chi connectivity index (χ4n) is 1.77. The quantitative estimate of drug-likeness (QED) is 0.787. The van der Waals surface area contributed by atoms with E-state index in [9.17, 15) is 4.79 Å². The summed E-state index contributed by atoms with van der Waals surface area (Å²) in [5.41, 5.74) is 0.760. The number of aromatic nitrogens is 2. The molecular formula is C12H10N2O3S. The van der Waals surface area contributed by atoms with Crippen LogP contribution in [0.15, 0.2) is 28.9 Å². The first-order chi connectivity index (χ1) is 8.61. The Morgan fingerprint density at radius 3 is 2.94 bits per heavy atom. The lowest BCUT2D eigenvalue weighted by Crippen LogP contribution is -1.97. The Balaban J connectivity index is 1.98. The van der Waals surface area contributed by atoms with E-state index in [1.165, 1.54) is 11.3 Å². The maximum Gasteiger partial charge on any atom is 0.308 e. The summed E-state index contributed by atoms with van der Waals surface area (Å²) in [6, 6.07) is 3.76. The van der Waals surface area contributed by atoms with Crippen molar-refractivity contribution in [2.45, 2.75) is 13.3 Å². The van der Waals surface area contributed by atoms with Crippen molar-refractivity contribution in [3.05, 3.63) is 35.2 Å². The van der Waals surface area contributed by atoms with Crippen LogP contribution in [0.25, 0.3) is 16.4 Å². The Morgan fingerprint density at radius 2 is 2.33 bits per heavy atom. The lowest BCUT2D eigenvalue weighted by atomic mass is 10.3. The van der Waals surface area contributed by atoms with Crippen molar-refractivity contribution < 1.29 is 14.3 Å². The highest BCUT2D eigenvalue weighted by atomic mass is 32.1. The second-order valence-corrected chi connectivity index (χ2v) is 5.09. The Hall–Kier alpha value is -2.08. The van der Waals surface area contributed by atoms with E-state index in [-0.39, 0.29) is 6.42 Å². The van der Waals surface area contributed by atoms with Gasteiger partial charge in [0, 0.05) is 17.3 Å². The second-order valence-electron chi connectivity index (χ2n) is 3.99. The number of hydrogen-bond donors (Lipinski definition) is 1. The number of rotatable bonds is 3. The van der Waals surface area contributed by atoms with Crippen molar-refractivity contribution in [3.8, 4) is 11.5 Å². The molecular weight excluding hydrogens is 252 g/mol. The smallest absolute Gasteiger partial charge is 0.308 e. The average molecular weight is 262 g/mol. The Kier molecular flexibility index (Phi) is 2.45. The van der Waals surface area contributed by atoms with Crippen LogP contribution in [-0.2, 0) is 11.2 Å². The fraction of sp³-hybridized carbons (Fsp3) is 0.167. The molecule has 3 aromatic heterocycles. The largest absolute Gasteiger partial charge is 0.481 e. The zero-order valence-corrected chi connectivity index (χ0v) is 10.4. The number of imidazole rings is 1. The number of furan rings is 1. The van der Waals surface area contributed by atoms with E-state index in [4.69, 9.17) is 9.52 Å². The third kappa shape index (κ3) is 1.91. The molecule has 1 N–H and O–H groups in total. The molecule has 0 saturated carbocycles. The number of carboxylic acid groups (broad SMARTS) is 1. The number of aliphatic carboxylic acids is 1. The number of aryl methyl sites for hydroxylation is 1. The highest BCUT2D eigenvalue weighted by Gasteiger charge is 2.11. The molecule has 0 unspecified atom stereocenters. The SMILES string of the molecule is Cc1ccc(-c2cn3cc(CC(=O)O)sc3n2)o1. The van der Waals surface area contributed by atoms with Crippen LogP contribution >= 0.6 is 11.3 Å². The standard InChI is InChI=1S/C12H10N2O3S/c1-7-2-3-10(17-7)9-6-14-5-8(4-11(15)16)18-12(14)13-9/h2-3,5-6H,4H2,1H3,(H,15,16). The van der Waals surface area contributed by atoms with Crippen LogP contribution in [0.4, 0.5) is 0 Å². The summed E-state index contributed by atoms with van der Waals surface area (Å²) in [7, 11) is 0. The first-order valence-electron chi connectivity index (χ1n) is 5.38. The van der Waals surface area contributed by atoms with E-state index in [1.807, 2.05) is 29.7 Å². The molecule has 6 heteroatoms. The van der Waals surface area contributed by atoms with Crippen molar-refractivity contribution in [2.24, 2.45) is 0 Å². The van der Waals surface area contributed by atoms with Gasteiger partial charge in [-0.3, -0.25) is 9.20 Å². The first-order valence-corrected chi connectivity index (χ1v) is 6.19. The van der Waals surface area contributed by atoms with Gasteiger partial charge in [0.1, 0.15) is 11.5 Å². The molecule has 18 heavy (non-hydrogen) atoms. The molecule has 0 radical (unpaired) electrons. The van der Waals surface area contributed by atoms with Gasteiger partial charge in [0.05, 0.1) is 6.42 Å². The minimum atomic E-state index is -0.832. The van der Waals surface area contributed by atoms with Gasteiger partial charge < -0.3 is 9.52 Å². The molecule has 5 nitrogen and oxygen atoms in total. The second kappa shape index (κ2) is 3.99. The van der Waals surface area contributed by atoms with Gasteiger partial charge in [0.25, 0.3) is 0 Å².